The number of hydrogen-bond donors (Lipinski definition) is 0. The van der Waals surface area contributed by atoms with Gasteiger partial charge in [-0.15, -0.1) is 21.5 Å². The number of nitriles is 1. The van der Waals surface area contributed by atoms with Gasteiger partial charge in [0.25, 0.3) is 0 Å². The van der Waals surface area contributed by atoms with Crippen molar-refractivity contribution in [2.24, 2.45) is 5.92 Å². The molecule has 1 aliphatic heterocycles. The Balaban J connectivity index is 1.61. The molecule has 0 amide bonds. The van der Waals surface area contributed by atoms with Gasteiger partial charge in [-0.1, -0.05) is 6.92 Å². The predicted octanol–water partition coefficient (Wildman–Crippen LogP) is 2.86. The molecule has 7 nitrogen and oxygen atoms in total. The van der Waals surface area contributed by atoms with Crippen LogP contribution in [0.25, 0.3) is 16.0 Å². The van der Waals surface area contributed by atoms with Gasteiger partial charge < -0.3 is 0 Å². The Kier molecular flexibility index (Phi) is 4.14. The molecule has 1 aliphatic carbocycles. The summed E-state index contributed by atoms with van der Waals surface area (Å²) in [6, 6.07) is 2.13. The summed E-state index contributed by atoms with van der Waals surface area (Å²) in [5.41, 5.74) is 1.35. The topological polar surface area (TPSA) is 83.5 Å². The number of nitrogens with zero attached hydrogens (tertiary/aromatic N) is 7. The highest BCUT2D eigenvalue weighted by atomic mass is 32.1. The minimum absolute atomic E-state index is 0.269. The molecule has 2 aliphatic rings. The molecule has 3 aromatic heterocycles. The summed E-state index contributed by atoms with van der Waals surface area (Å²) < 4.78 is 1.72. The van der Waals surface area contributed by atoms with E-state index in [1.54, 1.807) is 22.2 Å². The van der Waals surface area contributed by atoms with Crippen LogP contribution in [0.5, 0.6) is 0 Å². The molecule has 0 bridgehead atoms. The van der Waals surface area contributed by atoms with Crippen molar-refractivity contribution in [1.29, 1.82) is 5.26 Å². The van der Waals surface area contributed by atoms with Crippen molar-refractivity contribution in [3.8, 4) is 11.9 Å². The highest BCUT2D eigenvalue weighted by Gasteiger charge is 2.25. The van der Waals surface area contributed by atoms with Gasteiger partial charge in [-0.25, -0.2) is 9.97 Å². The Morgan fingerprint density at radius 1 is 1.26 bits per heavy atom. The van der Waals surface area contributed by atoms with Gasteiger partial charge in [0.2, 0.25) is 5.82 Å². The second kappa shape index (κ2) is 6.66. The number of fused-ring (bicyclic) bond motifs is 3. The van der Waals surface area contributed by atoms with Gasteiger partial charge in [0.05, 0.1) is 11.9 Å². The minimum atomic E-state index is 0.269. The fraction of sp³-hybridized carbons (Fsp3) is 0.526. The van der Waals surface area contributed by atoms with Crippen molar-refractivity contribution in [1.82, 2.24) is 29.6 Å². The molecule has 0 spiro atoms. The van der Waals surface area contributed by atoms with Crippen LogP contribution in [0.1, 0.15) is 48.3 Å². The van der Waals surface area contributed by atoms with Gasteiger partial charge >= 0.3 is 0 Å². The summed E-state index contributed by atoms with van der Waals surface area (Å²) in [6.45, 7) is 5.26. The number of aryl methyl sites for hydroxylation is 2. The molecule has 0 saturated carbocycles. The molecule has 1 saturated heterocycles. The number of rotatable bonds is 3. The SMILES string of the molecule is CC1CCN(Cc2nc(-n3cnnc3C#N)c3c4c(sc3n2)CCC4)CC1. The molecule has 1 fully saturated rings. The first-order valence-corrected chi connectivity index (χ1v) is 10.4. The monoisotopic (exact) mass is 379 g/mol. The van der Waals surface area contributed by atoms with E-state index in [2.05, 4.69) is 28.1 Å². The molecule has 8 heteroatoms. The molecule has 27 heavy (non-hydrogen) atoms. The van der Waals surface area contributed by atoms with Crippen LogP contribution in [0, 0.1) is 17.2 Å². The largest absolute Gasteiger partial charge is 0.296 e. The standard InChI is InChI=1S/C19H21N7S/c1-12-5-7-25(8-6-12)10-15-22-18(26-11-21-24-16(26)9-20)17-13-3-2-4-14(13)27-19(17)23-15/h11-12H,2-8,10H2,1H3. The van der Waals surface area contributed by atoms with Crippen molar-refractivity contribution in [2.45, 2.75) is 45.6 Å². The van der Waals surface area contributed by atoms with Crippen LogP contribution >= 0.6 is 11.3 Å². The van der Waals surface area contributed by atoms with Gasteiger partial charge in [-0.3, -0.25) is 9.47 Å². The summed E-state index contributed by atoms with van der Waals surface area (Å²) in [6.07, 6.45) is 7.39. The summed E-state index contributed by atoms with van der Waals surface area (Å²) in [7, 11) is 0. The van der Waals surface area contributed by atoms with Crippen molar-refractivity contribution < 1.29 is 0 Å². The molecule has 5 rings (SSSR count). The van der Waals surface area contributed by atoms with Crippen LogP contribution in [0.4, 0.5) is 0 Å². The van der Waals surface area contributed by atoms with E-state index < -0.39 is 0 Å². The van der Waals surface area contributed by atoms with E-state index in [0.717, 1.165) is 60.3 Å². The quantitative estimate of drug-likeness (QED) is 0.696. The number of hydrogen-bond acceptors (Lipinski definition) is 7. The Morgan fingerprint density at radius 2 is 2.11 bits per heavy atom. The highest BCUT2D eigenvalue weighted by Crippen LogP contribution is 2.39. The first-order chi connectivity index (χ1) is 13.2. The number of thiophene rings is 1. The summed E-state index contributed by atoms with van der Waals surface area (Å²) in [5, 5.41) is 18.4. The molecule has 0 atom stereocenters. The van der Waals surface area contributed by atoms with E-state index in [4.69, 9.17) is 9.97 Å². The zero-order chi connectivity index (χ0) is 18.4. The predicted molar refractivity (Wildman–Crippen MR) is 103 cm³/mol. The lowest BCUT2D eigenvalue weighted by molar-refractivity contribution is 0.181. The smallest absolute Gasteiger partial charge is 0.240 e. The fourth-order valence-corrected chi connectivity index (χ4v) is 5.43. The molecule has 0 radical (unpaired) electrons. The lowest BCUT2D eigenvalue weighted by Crippen LogP contribution is -2.33. The van der Waals surface area contributed by atoms with E-state index in [0.29, 0.717) is 0 Å². The van der Waals surface area contributed by atoms with Crippen LogP contribution in [0.15, 0.2) is 6.33 Å². The average Bonchev–Trinajstić information content (AvgIpc) is 3.37. The average molecular weight is 379 g/mol. The van der Waals surface area contributed by atoms with Gasteiger partial charge in [0.15, 0.2) is 5.82 Å². The van der Waals surface area contributed by atoms with E-state index in [1.807, 2.05) is 0 Å². The highest BCUT2D eigenvalue weighted by molar-refractivity contribution is 7.19. The van der Waals surface area contributed by atoms with Crippen LogP contribution in [-0.4, -0.2) is 42.7 Å². The Bertz CT molecular complexity index is 1040. The minimum Gasteiger partial charge on any atom is -0.296 e. The summed E-state index contributed by atoms with van der Waals surface area (Å²) >= 11 is 1.78. The third-order valence-corrected chi connectivity index (χ3v) is 6.89. The van der Waals surface area contributed by atoms with Crippen molar-refractivity contribution in [3.05, 3.63) is 28.4 Å². The summed E-state index contributed by atoms with van der Waals surface area (Å²) in [4.78, 5) is 14.7. The number of piperidine rings is 1. The van der Waals surface area contributed by atoms with E-state index >= 15 is 0 Å². The molecule has 0 unspecified atom stereocenters. The van der Waals surface area contributed by atoms with Gasteiger partial charge in [0, 0.05) is 4.88 Å². The van der Waals surface area contributed by atoms with Crippen molar-refractivity contribution in [3.63, 3.8) is 0 Å². The normalized spacial score (nSPS) is 18.1. The molecule has 4 heterocycles. The summed E-state index contributed by atoms with van der Waals surface area (Å²) in [5.74, 6) is 2.66. The lowest BCUT2D eigenvalue weighted by atomic mass is 9.99. The molecular formula is C19H21N7S. The van der Waals surface area contributed by atoms with Crippen molar-refractivity contribution >= 4 is 21.6 Å². The lowest BCUT2D eigenvalue weighted by Gasteiger charge is -2.29. The zero-order valence-corrected chi connectivity index (χ0v) is 16.2. The van der Waals surface area contributed by atoms with Crippen LogP contribution in [0.2, 0.25) is 0 Å². The number of likely N-dealkylation sites (tertiary alicyclic amines) is 1. The Hall–Kier alpha value is -2.37. The maximum atomic E-state index is 9.42. The van der Waals surface area contributed by atoms with Gasteiger partial charge in [-0.2, -0.15) is 5.26 Å². The molecular weight excluding hydrogens is 358 g/mol. The third-order valence-electron chi connectivity index (χ3n) is 5.71. The van der Waals surface area contributed by atoms with Crippen LogP contribution < -0.4 is 0 Å². The Labute approximate surface area is 161 Å². The van der Waals surface area contributed by atoms with Crippen LogP contribution in [-0.2, 0) is 19.4 Å². The maximum Gasteiger partial charge on any atom is 0.240 e. The van der Waals surface area contributed by atoms with Gasteiger partial charge in [-0.05, 0) is 56.7 Å². The second-order valence-corrected chi connectivity index (χ2v) is 8.68. The Morgan fingerprint density at radius 3 is 2.93 bits per heavy atom. The first-order valence-electron chi connectivity index (χ1n) is 9.57. The first kappa shape index (κ1) is 16.8. The fourth-order valence-electron chi connectivity index (χ4n) is 4.15. The van der Waals surface area contributed by atoms with Crippen LogP contribution in [0.3, 0.4) is 0 Å². The molecule has 0 aromatic carbocycles. The van der Waals surface area contributed by atoms with Crippen molar-refractivity contribution in [2.75, 3.05) is 13.1 Å². The van der Waals surface area contributed by atoms with Gasteiger partial charge in [0.1, 0.15) is 23.1 Å². The second-order valence-electron chi connectivity index (χ2n) is 7.60. The van der Waals surface area contributed by atoms with E-state index in [9.17, 15) is 5.26 Å². The third kappa shape index (κ3) is 2.91. The van der Waals surface area contributed by atoms with E-state index in [-0.39, 0.29) is 5.82 Å². The number of aromatic nitrogens is 5. The zero-order valence-electron chi connectivity index (χ0n) is 15.4. The molecule has 3 aromatic rings. The molecule has 138 valence electrons. The van der Waals surface area contributed by atoms with E-state index in [1.165, 1.54) is 29.7 Å². The molecule has 0 N–H and O–H groups in total. The maximum absolute atomic E-state index is 9.42.